The van der Waals surface area contributed by atoms with Crippen molar-refractivity contribution in [2.45, 2.75) is 58.3 Å². The van der Waals surface area contributed by atoms with E-state index in [2.05, 4.69) is 10.5 Å². The van der Waals surface area contributed by atoms with Gasteiger partial charge in [0.15, 0.2) is 0 Å². The van der Waals surface area contributed by atoms with Crippen LogP contribution in [-0.4, -0.2) is 34.9 Å². The highest BCUT2D eigenvalue weighted by Crippen LogP contribution is 2.08. The van der Waals surface area contributed by atoms with Crippen LogP contribution < -0.4 is 5.73 Å². The van der Waals surface area contributed by atoms with Crippen molar-refractivity contribution < 1.29 is 29.3 Å². The first-order valence-corrected chi connectivity index (χ1v) is 6.76. The van der Waals surface area contributed by atoms with E-state index in [1.807, 2.05) is 0 Å². The Morgan fingerprint density at radius 3 is 1.40 bits per heavy atom. The average Bonchev–Trinajstić information content (AvgIpc) is 2.32. The van der Waals surface area contributed by atoms with E-state index < -0.39 is 18.0 Å². The van der Waals surface area contributed by atoms with Gasteiger partial charge >= 0.3 is 18.0 Å². The predicted molar refractivity (Wildman–Crippen MR) is 73.4 cm³/mol. The molecule has 0 fully saturated rings. The third-order valence-electron chi connectivity index (χ3n) is 2.32. The quantitative estimate of drug-likeness (QED) is 0.530. The van der Waals surface area contributed by atoms with E-state index in [-0.39, 0.29) is 12.8 Å². The molecule has 0 saturated carbocycles. The molecule has 20 heavy (non-hydrogen) atoms. The lowest BCUT2D eigenvalue weighted by molar-refractivity contribution is -0.138. The summed E-state index contributed by atoms with van der Waals surface area (Å²) in [5.74, 6) is -1.48. The van der Waals surface area contributed by atoms with Crippen LogP contribution in [0, 0.1) is 0 Å². The van der Waals surface area contributed by atoms with Gasteiger partial charge in [0.25, 0.3) is 0 Å². The highest BCUT2D eigenvalue weighted by atomic mass is 16.5. The number of carbonyl (C=O) groups is 3. The van der Waals surface area contributed by atoms with Gasteiger partial charge in [0.1, 0.15) is 0 Å². The van der Waals surface area contributed by atoms with Crippen molar-refractivity contribution in [2.24, 2.45) is 5.73 Å². The standard InChI is InChI=1S/C10H18O4.C3H7NO2/c11-9(12)7-5-3-1-2-4-6-8-10(13)14;1-2-6-3(4)5/h1-8H2,(H,11,12)(H,13,14);2H2,1H3,(H2,4,5). The number of hydrogen-bond acceptors (Lipinski definition) is 4. The van der Waals surface area contributed by atoms with Crippen molar-refractivity contribution in [3.05, 3.63) is 0 Å². The fraction of sp³-hybridized carbons (Fsp3) is 0.769. The predicted octanol–water partition coefficient (Wildman–Crippen LogP) is 2.38. The van der Waals surface area contributed by atoms with E-state index in [9.17, 15) is 14.4 Å². The van der Waals surface area contributed by atoms with Gasteiger partial charge in [-0.05, 0) is 19.8 Å². The van der Waals surface area contributed by atoms with Crippen LogP contribution in [-0.2, 0) is 14.3 Å². The minimum Gasteiger partial charge on any atom is -0.481 e. The molecule has 7 nitrogen and oxygen atoms in total. The molecule has 7 heteroatoms. The normalized spacial score (nSPS) is 9.25. The lowest BCUT2D eigenvalue weighted by atomic mass is 10.1. The zero-order valence-electron chi connectivity index (χ0n) is 12.0. The molecule has 0 heterocycles. The molecule has 0 aliphatic rings. The second-order valence-electron chi connectivity index (χ2n) is 4.16. The molecule has 0 unspecified atom stereocenters. The summed E-state index contributed by atoms with van der Waals surface area (Å²) in [5, 5.41) is 16.7. The van der Waals surface area contributed by atoms with E-state index in [1.54, 1.807) is 6.92 Å². The maximum atomic E-state index is 10.1. The van der Waals surface area contributed by atoms with Crippen LogP contribution in [0.15, 0.2) is 0 Å². The highest BCUT2D eigenvalue weighted by molar-refractivity contribution is 5.66. The number of carboxylic acids is 2. The summed E-state index contributed by atoms with van der Waals surface area (Å²) in [6.45, 7) is 2.06. The summed E-state index contributed by atoms with van der Waals surface area (Å²) >= 11 is 0. The van der Waals surface area contributed by atoms with Crippen LogP contribution in [0.5, 0.6) is 0 Å². The molecule has 0 aromatic heterocycles. The number of carbonyl (C=O) groups excluding carboxylic acids is 1. The molecule has 4 N–H and O–H groups in total. The average molecular weight is 291 g/mol. The van der Waals surface area contributed by atoms with Gasteiger partial charge in [0.05, 0.1) is 6.61 Å². The van der Waals surface area contributed by atoms with Gasteiger partial charge in [-0.1, -0.05) is 25.7 Å². The SMILES string of the molecule is CCOC(N)=O.O=C(O)CCCCCCCCC(=O)O. The molecule has 0 aliphatic heterocycles. The third-order valence-corrected chi connectivity index (χ3v) is 2.32. The molecule has 0 aliphatic carbocycles. The number of amides is 1. The molecule has 0 aromatic rings. The van der Waals surface area contributed by atoms with Gasteiger partial charge in [0.2, 0.25) is 0 Å². The molecule has 0 rings (SSSR count). The second kappa shape index (κ2) is 15.3. The Morgan fingerprint density at radius 1 is 0.850 bits per heavy atom. The van der Waals surface area contributed by atoms with Crippen molar-refractivity contribution >= 4 is 18.0 Å². The lowest BCUT2D eigenvalue weighted by Crippen LogP contribution is -2.11. The Kier molecular flexibility index (Phi) is 15.7. The number of ether oxygens (including phenoxy) is 1. The fourth-order valence-electron chi connectivity index (χ4n) is 1.40. The van der Waals surface area contributed by atoms with Crippen LogP contribution in [0.3, 0.4) is 0 Å². The molecular formula is C13H25NO6. The first kappa shape index (κ1) is 20.5. The van der Waals surface area contributed by atoms with Crippen LogP contribution in [0.4, 0.5) is 4.79 Å². The van der Waals surface area contributed by atoms with Crippen molar-refractivity contribution in [2.75, 3.05) is 6.61 Å². The van der Waals surface area contributed by atoms with Gasteiger partial charge in [-0.2, -0.15) is 0 Å². The van der Waals surface area contributed by atoms with Crippen LogP contribution in [0.2, 0.25) is 0 Å². The Bertz CT molecular complexity index is 260. The van der Waals surface area contributed by atoms with Crippen molar-refractivity contribution in [3.8, 4) is 0 Å². The summed E-state index contributed by atoms with van der Waals surface area (Å²) in [5.41, 5.74) is 4.54. The number of nitrogens with two attached hydrogens (primary N) is 1. The van der Waals surface area contributed by atoms with Gasteiger partial charge < -0.3 is 20.7 Å². The van der Waals surface area contributed by atoms with Gasteiger partial charge in [-0.15, -0.1) is 0 Å². The molecule has 0 spiro atoms. The maximum absolute atomic E-state index is 10.1. The van der Waals surface area contributed by atoms with E-state index in [1.165, 1.54) is 0 Å². The van der Waals surface area contributed by atoms with Crippen molar-refractivity contribution in [1.29, 1.82) is 0 Å². The molecular weight excluding hydrogens is 266 g/mol. The molecule has 0 saturated heterocycles. The summed E-state index contributed by atoms with van der Waals surface area (Å²) in [6.07, 6.45) is 5.11. The largest absolute Gasteiger partial charge is 0.481 e. The molecule has 0 bridgehead atoms. The Morgan fingerprint density at radius 2 is 1.20 bits per heavy atom. The second-order valence-corrected chi connectivity index (χ2v) is 4.16. The van der Waals surface area contributed by atoms with E-state index in [0.717, 1.165) is 38.5 Å². The van der Waals surface area contributed by atoms with Crippen LogP contribution in [0.1, 0.15) is 58.3 Å². The molecule has 1 amide bonds. The minimum absolute atomic E-state index is 0.245. The van der Waals surface area contributed by atoms with Crippen LogP contribution >= 0.6 is 0 Å². The van der Waals surface area contributed by atoms with Gasteiger partial charge in [0, 0.05) is 12.8 Å². The van der Waals surface area contributed by atoms with Crippen LogP contribution in [0.25, 0.3) is 0 Å². The monoisotopic (exact) mass is 291 g/mol. The summed E-state index contributed by atoms with van der Waals surface area (Å²) in [4.78, 5) is 29.9. The maximum Gasteiger partial charge on any atom is 0.404 e. The van der Waals surface area contributed by atoms with Gasteiger partial charge in [-0.3, -0.25) is 9.59 Å². The zero-order valence-corrected chi connectivity index (χ0v) is 12.0. The summed E-state index contributed by atoms with van der Waals surface area (Å²) in [7, 11) is 0. The Hall–Kier alpha value is -1.79. The summed E-state index contributed by atoms with van der Waals surface area (Å²) in [6, 6.07) is 0. The number of hydrogen-bond donors (Lipinski definition) is 3. The first-order chi connectivity index (χ1) is 9.40. The van der Waals surface area contributed by atoms with E-state index >= 15 is 0 Å². The highest BCUT2D eigenvalue weighted by Gasteiger charge is 1.98. The number of carboxylic acid groups (broad SMARTS) is 2. The Labute approximate surface area is 119 Å². The Balaban J connectivity index is 0. The number of primary amides is 1. The molecule has 0 aromatic carbocycles. The fourth-order valence-corrected chi connectivity index (χ4v) is 1.40. The third kappa shape index (κ3) is 25.2. The number of unbranched alkanes of at least 4 members (excludes halogenated alkanes) is 5. The van der Waals surface area contributed by atoms with Crippen molar-refractivity contribution in [3.63, 3.8) is 0 Å². The topological polar surface area (TPSA) is 127 Å². The number of aliphatic carboxylic acids is 2. The zero-order chi connectivity index (χ0) is 15.8. The first-order valence-electron chi connectivity index (χ1n) is 6.76. The molecule has 0 radical (unpaired) electrons. The van der Waals surface area contributed by atoms with E-state index in [0.29, 0.717) is 6.61 Å². The smallest absolute Gasteiger partial charge is 0.404 e. The lowest BCUT2D eigenvalue weighted by Gasteiger charge is -1.98. The van der Waals surface area contributed by atoms with Gasteiger partial charge in [-0.25, -0.2) is 4.79 Å². The molecule has 118 valence electrons. The minimum atomic E-state index is -0.740. The van der Waals surface area contributed by atoms with Crippen molar-refractivity contribution in [1.82, 2.24) is 0 Å². The molecule has 0 atom stereocenters. The summed E-state index contributed by atoms with van der Waals surface area (Å²) < 4.78 is 4.18. The number of rotatable bonds is 10. The van der Waals surface area contributed by atoms with E-state index in [4.69, 9.17) is 10.2 Å².